The maximum atomic E-state index is 13.1. The number of anilines is 1. The van der Waals surface area contributed by atoms with Crippen molar-refractivity contribution in [2.45, 2.75) is 25.9 Å². The minimum absolute atomic E-state index is 0.296. The van der Waals surface area contributed by atoms with Gasteiger partial charge in [-0.25, -0.2) is 14.4 Å². The molecule has 3 heterocycles. The average Bonchev–Trinajstić information content (AvgIpc) is 3.33. The fraction of sp³-hybridized carbons (Fsp3) is 0.350. The van der Waals surface area contributed by atoms with Gasteiger partial charge in [0.25, 0.3) is 0 Å². The molecular formula is C20H21FN4O2. The summed E-state index contributed by atoms with van der Waals surface area (Å²) in [6.07, 6.45) is 3.57. The third-order valence-corrected chi connectivity index (χ3v) is 5.06. The van der Waals surface area contributed by atoms with E-state index in [0.29, 0.717) is 18.1 Å². The summed E-state index contributed by atoms with van der Waals surface area (Å²) in [5.74, 6) is 0.148. The van der Waals surface area contributed by atoms with Crippen molar-refractivity contribution in [1.29, 1.82) is 0 Å². The van der Waals surface area contributed by atoms with Crippen LogP contribution in [0.1, 0.15) is 18.9 Å². The number of hydrogen-bond donors (Lipinski definition) is 1. The number of carbonyl (C=O) groups is 1. The number of nitrogens with zero attached hydrogens (tertiary/aromatic N) is 3. The number of hydrogen-bond acceptors (Lipinski definition) is 4. The van der Waals surface area contributed by atoms with Crippen LogP contribution < -0.4 is 10.1 Å². The third-order valence-electron chi connectivity index (χ3n) is 5.06. The summed E-state index contributed by atoms with van der Waals surface area (Å²) in [5, 5.41) is 3.63. The van der Waals surface area contributed by atoms with Gasteiger partial charge in [-0.15, -0.1) is 0 Å². The van der Waals surface area contributed by atoms with Crippen LogP contribution in [0.15, 0.2) is 30.6 Å². The van der Waals surface area contributed by atoms with E-state index in [1.54, 1.807) is 25.6 Å². The molecule has 7 heteroatoms. The van der Waals surface area contributed by atoms with Gasteiger partial charge in [0.2, 0.25) is 11.8 Å². The Morgan fingerprint density at radius 1 is 1.41 bits per heavy atom. The lowest BCUT2D eigenvalue weighted by molar-refractivity contribution is -0.117. The van der Waals surface area contributed by atoms with Crippen LogP contribution in [0.2, 0.25) is 0 Å². The molecule has 6 nitrogen and oxygen atoms in total. The summed E-state index contributed by atoms with van der Waals surface area (Å²) in [6, 6.07) is 5.82. The Kier molecular flexibility index (Phi) is 4.30. The highest BCUT2D eigenvalue weighted by atomic mass is 19.1. The third kappa shape index (κ3) is 3.03. The summed E-state index contributed by atoms with van der Waals surface area (Å²) in [7, 11) is 3.57. The molecule has 3 aromatic rings. The van der Waals surface area contributed by atoms with E-state index < -0.39 is 12.1 Å². The monoisotopic (exact) mass is 368 g/mol. The normalized spacial score (nSPS) is 18.5. The van der Waals surface area contributed by atoms with Gasteiger partial charge in [0.1, 0.15) is 12.0 Å². The number of alkyl halides is 1. The van der Waals surface area contributed by atoms with E-state index in [2.05, 4.69) is 22.2 Å². The van der Waals surface area contributed by atoms with E-state index in [9.17, 15) is 9.18 Å². The van der Waals surface area contributed by atoms with Crippen molar-refractivity contribution in [2.75, 3.05) is 12.4 Å². The lowest BCUT2D eigenvalue weighted by atomic mass is 10.0. The van der Waals surface area contributed by atoms with Gasteiger partial charge in [-0.05, 0) is 36.6 Å². The maximum Gasteiger partial charge on any atom is 0.231 e. The van der Waals surface area contributed by atoms with Crippen LogP contribution in [-0.4, -0.2) is 33.7 Å². The Morgan fingerprint density at radius 3 is 2.85 bits per heavy atom. The minimum atomic E-state index is -1.03. The Balaban J connectivity index is 1.75. The first-order chi connectivity index (χ1) is 13.0. The van der Waals surface area contributed by atoms with E-state index in [-0.39, 0.29) is 5.91 Å². The van der Waals surface area contributed by atoms with Gasteiger partial charge >= 0.3 is 0 Å². The number of aromatic nitrogens is 3. The fourth-order valence-electron chi connectivity index (χ4n) is 3.40. The molecule has 27 heavy (non-hydrogen) atoms. The van der Waals surface area contributed by atoms with Gasteiger partial charge in [-0.1, -0.05) is 6.92 Å². The average molecular weight is 368 g/mol. The standard InChI is InChI=1S/C20H21FN4O2/c1-4-11-5-6-22-20(27-3)18(11)15-7-12-8-17(23-10-16(12)25(15)2)24-19(26)13-9-14(13)21/h5-8,10,13-14H,4,9H2,1-3H3,(H,23,24,26)/t13-,14+/m1/s1. The number of aryl methyl sites for hydroxylation is 2. The lowest BCUT2D eigenvalue weighted by Gasteiger charge is -2.13. The van der Waals surface area contributed by atoms with Gasteiger partial charge in [0.15, 0.2) is 0 Å². The molecule has 0 saturated heterocycles. The summed E-state index contributed by atoms with van der Waals surface area (Å²) in [5.41, 5.74) is 3.97. The zero-order valence-electron chi connectivity index (χ0n) is 15.5. The molecule has 3 aromatic heterocycles. The summed E-state index contributed by atoms with van der Waals surface area (Å²) < 4.78 is 20.6. The predicted molar refractivity (Wildman–Crippen MR) is 102 cm³/mol. The molecule has 0 aromatic carbocycles. The van der Waals surface area contributed by atoms with Crippen molar-refractivity contribution in [2.24, 2.45) is 13.0 Å². The van der Waals surface area contributed by atoms with Crippen molar-refractivity contribution in [1.82, 2.24) is 14.5 Å². The van der Waals surface area contributed by atoms with E-state index >= 15 is 0 Å². The van der Waals surface area contributed by atoms with Crippen molar-refractivity contribution >= 4 is 22.6 Å². The molecule has 4 rings (SSSR count). The molecule has 1 aliphatic carbocycles. The second-order valence-electron chi connectivity index (χ2n) is 6.77. The second kappa shape index (κ2) is 6.64. The minimum Gasteiger partial charge on any atom is -0.480 e. The molecule has 1 aliphatic rings. The topological polar surface area (TPSA) is 69.0 Å². The smallest absolute Gasteiger partial charge is 0.231 e. The van der Waals surface area contributed by atoms with Crippen molar-refractivity contribution in [3.05, 3.63) is 36.2 Å². The molecular weight excluding hydrogens is 347 g/mol. The Labute approximate surface area is 156 Å². The van der Waals surface area contributed by atoms with E-state index in [0.717, 1.165) is 34.1 Å². The quantitative estimate of drug-likeness (QED) is 0.748. The van der Waals surface area contributed by atoms with Gasteiger partial charge in [0.05, 0.1) is 36.0 Å². The number of carbonyl (C=O) groups excluding carboxylic acids is 1. The number of ether oxygens (including phenoxy) is 1. The van der Waals surface area contributed by atoms with E-state index in [1.165, 1.54) is 0 Å². The molecule has 1 fully saturated rings. The number of rotatable bonds is 5. The SMILES string of the molecule is CCc1ccnc(OC)c1-c1cc2cc(NC(=O)[C@@H]3C[C@@H]3F)ncc2n1C. The molecule has 2 atom stereocenters. The molecule has 0 spiro atoms. The molecule has 1 amide bonds. The summed E-state index contributed by atoms with van der Waals surface area (Å²) in [4.78, 5) is 20.6. The molecule has 0 unspecified atom stereocenters. The number of methoxy groups -OCH3 is 1. The zero-order chi connectivity index (χ0) is 19.1. The van der Waals surface area contributed by atoms with Crippen LogP contribution in [0.4, 0.5) is 10.2 Å². The van der Waals surface area contributed by atoms with Crippen LogP contribution >= 0.6 is 0 Å². The molecule has 1 N–H and O–H groups in total. The largest absolute Gasteiger partial charge is 0.480 e. The van der Waals surface area contributed by atoms with Crippen LogP contribution in [0.3, 0.4) is 0 Å². The predicted octanol–water partition coefficient (Wildman–Crippen LogP) is 3.50. The summed E-state index contributed by atoms with van der Waals surface area (Å²) >= 11 is 0. The van der Waals surface area contributed by atoms with Crippen LogP contribution in [0, 0.1) is 5.92 Å². The highest BCUT2D eigenvalue weighted by Crippen LogP contribution is 2.37. The van der Waals surface area contributed by atoms with Crippen LogP contribution in [0.5, 0.6) is 5.88 Å². The number of nitrogens with one attached hydrogen (secondary N) is 1. The first kappa shape index (κ1) is 17.5. The maximum absolute atomic E-state index is 13.1. The highest BCUT2D eigenvalue weighted by Gasteiger charge is 2.43. The second-order valence-corrected chi connectivity index (χ2v) is 6.77. The molecule has 0 radical (unpaired) electrons. The Morgan fingerprint density at radius 2 is 2.19 bits per heavy atom. The summed E-state index contributed by atoms with van der Waals surface area (Å²) in [6.45, 7) is 2.09. The van der Waals surface area contributed by atoms with Gasteiger partial charge < -0.3 is 14.6 Å². The number of fused-ring (bicyclic) bond motifs is 1. The highest BCUT2D eigenvalue weighted by molar-refractivity contribution is 5.96. The van der Waals surface area contributed by atoms with Gasteiger partial charge in [-0.3, -0.25) is 4.79 Å². The number of halogens is 1. The van der Waals surface area contributed by atoms with Gasteiger partial charge in [0, 0.05) is 18.6 Å². The lowest BCUT2D eigenvalue weighted by Crippen LogP contribution is -2.15. The Hall–Kier alpha value is -2.96. The van der Waals surface area contributed by atoms with Crippen molar-refractivity contribution in [3.8, 4) is 17.1 Å². The molecule has 1 saturated carbocycles. The van der Waals surface area contributed by atoms with E-state index in [4.69, 9.17) is 4.74 Å². The van der Waals surface area contributed by atoms with E-state index in [1.807, 2.05) is 23.7 Å². The van der Waals surface area contributed by atoms with Crippen molar-refractivity contribution in [3.63, 3.8) is 0 Å². The molecule has 0 aliphatic heterocycles. The fourth-order valence-corrected chi connectivity index (χ4v) is 3.40. The van der Waals surface area contributed by atoms with Crippen LogP contribution in [-0.2, 0) is 18.3 Å². The zero-order valence-corrected chi connectivity index (χ0v) is 15.5. The number of amides is 1. The molecule has 0 bridgehead atoms. The van der Waals surface area contributed by atoms with Gasteiger partial charge in [-0.2, -0.15) is 0 Å². The van der Waals surface area contributed by atoms with Crippen molar-refractivity contribution < 1.29 is 13.9 Å². The first-order valence-corrected chi connectivity index (χ1v) is 8.96. The van der Waals surface area contributed by atoms with Crippen LogP contribution in [0.25, 0.3) is 22.2 Å². The Bertz CT molecular complexity index is 1010. The number of pyridine rings is 2. The molecule has 140 valence electrons. The first-order valence-electron chi connectivity index (χ1n) is 8.96.